The van der Waals surface area contributed by atoms with E-state index >= 15 is 0 Å². The lowest BCUT2D eigenvalue weighted by Crippen LogP contribution is -2.41. The third-order valence-electron chi connectivity index (χ3n) is 3.63. The van der Waals surface area contributed by atoms with Crippen molar-refractivity contribution < 1.29 is 9.53 Å². The highest BCUT2D eigenvalue weighted by molar-refractivity contribution is 5.74. The Bertz CT molecular complexity index is 435. The molecule has 1 N–H and O–H groups in total. The van der Waals surface area contributed by atoms with Gasteiger partial charge in [0.05, 0.1) is 6.10 Å². The standard InChI is InChI=1S/C17H28N2O2/c1-5-12-19(13-16-9-7-6-8-14(16)2)17(20)18-11-10-15(3)21-4/h6-9,15H,5,10-13H2,1-4H3,(H,18,20)/t15-/m0/s1. The smallest absolute Gasteiger partial charge is 0.317 e. The van der Waals surface area contributed by atoms with Gasteiger partial charge in [0, 0.05) is 26.7 Å². The van der Waals surface area contributed by atoms with Crippen LogP contribution in [0.1, 0.15) is 37.8 Å². The third-order valence-corrected chi connectivity index (χ3v) is 3.63. The summed E-state index contributed by atoms with van der Waals surface area (Å²) in [6.45, 7) is 8.24. The van der Waals surface area contributed by atoms with Crippen LogP contribution < -0.4 is 5.32 Å². The van der Waals surface area contributed by atoms with E-state index in [0.717, 1.165) is 19.4 Å². The molecule has 1 rings (SSSR count). The van der Waals surface area contributed by atoms with Crippen LogP contribution in [0.3, 0.4) is 0 Å². The average molecular weight is 292 g/mol. The number of urea groups is 1. The molecule has 0 saturated carbocycles. The minimum atomic E-state index is 0.00315. The van der Waals surface area contributed by atoms with Gasteiger partial charge in [-0.3, -0.25) is 0 Å². The molecule has 2 amide bonds. The molecule has 21 heavy (non-hydrogen) atoms. The van der Waals surface area contributed by atoms with E-state index in [1.807, 2.05) is 24.0 Å². The number of amides is 2. The molecule has 0 heterocycles. The van der Waals surface area contributed by atoms with Crippen molar-refractivity contribution in [2.24, 2.45) is 0 Å². The molecule has 0 saturated heterocycles. The Hall–Kier alpha value is -1.55. The van der Waals surface area contributed by atoms with Gasteiger partial charge in [-0.15, -0.1) is 0 Å². The number of nitrogens with zero attached hydrogens (tertiary/aromatic N) is 1. The fourth-order valence-electron chi connectivity index (χ4n) is 2.13. The first kappa shape index (κ1) is 17.5. The predicted octanol–water partition coefficient (Wildman–Crippen LogP) is 3.34. The number of rotatable bonds is 8. The van der Waals surface area contributed by atoms with Gasteiger partial charge in [0.25, 0.3) is 0 Å². The number of nitrogens with one attached hydrogen (secondary N) is 1. The minimum absolute atomic E-state index is 0.00315. The zero-order chi connectivity index (χ0) is 15.7. The third kappa shape index (κ3) is 6.17. The number of methoxy groups -OCH3 is 1. The Morgan fingerprint density at radius 1 is 1.38 bits per heavy atom. The lowest BCUT2D eigenvalue weighted by Gasteiger charge is -2.24. The van der Waals surface area contributed by atoms with E-state index in [1.165, 1.54) is 11.1 Å². The van der Waals surface area contributed by atoms with Crippen molar-refractivity contribution in [3.05, 3.63) is 35.4 Å². The molecule has 118 valence electrons. The van der Waals surface area contributed by atoms with Gasteiger partial charge < -0.3 is 15.0 Å². The molecular weight excluding hydrogens is 264 g/mol. The molecule has 0 unspecified atom stereocenters. The maximum Gasteiger partial charge on any atom is 0.317 e. The van der Waals surface area contributed by atoms with Crippen molar-refractivity contribution in [2.75, 3.05) is 20.2 Å². The van der Waals surface area contributed by atoms with Gasteiger partial charge in [-0.05, 0) is 37.8 Å². The van der Waals surface area contributed by atoms with Crippen molar-refractivity contribution in [1.29, 1.82) is 0 Å². The molecule has 0 bridgehead atoms. The zero-order valence-corrected chi connectivity index (χ0v) is 13.7. The maximum absolute atomic E-state index is 12.3. The second kappa shape index (κ2) is 9.40. The van der Waals surface area contributed by atoms with Gasteiger partial charge in [0.15, 0.2) is 0 Å². The highest BCUT2D eigenvalue weighted by atomic mass is 16.5. The monoisotopic (exact) mass is 292 g/mol. The Morgan fingerprint density at radius 2 is 2.10 bits per heavy atom. The minimum Gasteiger partial charge on any atom is -0.382 e. The summed E-state index contributed by atoms with van der Waals surface area (Å²) >= 11 is 0. The van der Waals surface area contributed by atoms with Crippen LogP contribution in [0.2, 0.25) is 0 Å². The summed E-state index contributed by atoms with van der Waals surface area (Å²) in [6, 6.07) is 8.21. The summed E-state index contributed by atoms with van der Waals surface area (Å²) in [6.07, 6.45) is 1.95. The summed E-state index contributed by atoms with van der Waals surface area (Å²) in [7, 11) is 1.69. The quantitative estimate of drug-likeness (QED) is 0.798. The summed E-state index contributed by atoms with van der Waals surface area (Å²) < 4.78 is 5.19. The molecule has 0 aliphatic heterocycles. The number of aryl methyl sites for hydroxylation is 1. The van der Waals surface area contributed by atoms with E-state index in [2.05, 4.69) is 31.3 Å². The highest BCUT2D eigenvalue weighted by Crippen LogP contribution is 2.11. The van der Waals surface area contributed by atoms with Gasteiger partial charge in [-0.1, -0.05) is 31.2 Å². The molecule has 1 atom stereocenters. The number of hydrogen-bond donors (Lipinski definition) is 1. The molecule has 0 radical (unpaired) electrons. The lowest BCUT2D eigenvalue weighted by atomic mass is 10.1. The van der Waals surface area contributed by atoms with E-state index in [9.17, 15) is 4.79 Å². The SMILES string of the molecule is CCCN(Cc1ccccc1C)C(=O)NCC[C@H](C)OC. The molecule has 0 aliphatic rings. The molecular formula is C17H28N2O2. The molecule has 4 nitrogen and oxygen atoms in total. The Labute approximate surface area is 128 Å². The first-order valence-corrected chi connectivity index (χ1v) is 7.68. The maximum atomic E-state index is 12.3. The summed E-state index contributed by atoms with van der Waals surface area (Å²) in [4.78, 5) is 14.2. The second-order valence-corrected chi connectivity index (χ2v) is 5.41. The van der Waals surface area contributed by atoms with Crippen LogP contribution >= 0.6 is 0 Å². The molecule has 1 aromatic rings. The molecule has 1 aromatic carbocycles. The number of carbonyl (C=O) groups is 1. The number of ether oxygens (including phenoxy) is 1. The Morgan fingerprint density at radius 3 is 2.71 bits per heavy atom. The topological polar surface area (TPSA) is 41.6 Å². The lowest BCUT2D eigenvalue weighted by molar-refractivity contribution is 0.110. The first-order valence-electron chi connectivity index (χ1n) is 7.68. The number of carbonyl (C=O) groups excluding carboxylic acids is 1. The van der Waals surface area contributed by atoms with E-state index in [0.29, 0.717) is 13.1 Å². The van der Waals surface area contributed by atoms with Gasteiger partial charge in [-0.25, -0.2) is 4.79 Å². The summed E-state index contributed by atoms with van der Waals surface area (Å²) in [5, 5.41) is 2.98. The fraction of sp³-hybridized carbons (Fsp3) is 0.588. The largest absolute Gasteiger partial charge is 0.382 e. The number of hydrogen-bond acceptors (Lipinski definition) is 2. The van der Waals surface area contributed by atoms with E-state index in [-0.39, 0.29) is 12.1 Å². The van der Waals surface area contributed by atoms with Crippen LogP contribution in [0.5, 0.6) is 0 Å². The number of benzene rings is 1. The van der Waals surface area contributed by atoms with E-state index in [4.69, 9.17) is 4.74 Å². The zero-order valence-electron chi connectivity index (χ0n) is 13.7. The predicted molar refractivity (Wildman–Crippen MR) is 86.4 cm³/mol. The second-order valence-electron chi connectivity index (χ2n) is 5.41. The molecule has 0 fully saturated rings. The highest BCUT2D eigenvalue weighted by Gasteiger charge is 2.13. The van der Waals surface area contributed by atoms with Gasteiger partial charge in [0.1, 0.15) is 0 Å². The normalized spacial score (nSPS) is 12.0. The van der Waals surface area contributed by atoms with E-state index < -0.39 is 0 Å². The molecule has 4 heteroatoms. The molecule has 0 spiro atoms. The van der Waals surface area contributed by atoms with Gasteiger partial charge in [-0.2, -0.15) is 0 Å². The van der Waals surface area contributed by atoms with Gasteiger partial charge >= 0.3 is 6.03 Å². The molecule has 0 aliphatic carbocycles. The summed E-state index contributed by atoms with van der Waals surface area (Å²) in [5.74, 6) is 0. The fourth-order valence-corrected chi connectivity index (χ4v) is 2.13. The van der Waals surface area contributed by atoms with E-state index in [1.54, 1.807) is 7.11 Å². The van der Waals surface area contributed by atoms with Gasteiger partial charge in [0.2, 0.25) is 0 Å². The van der Waals surface area contributed by atoms with Crippen LogP contribution in [-0.4, -0.2) is 37.2 Å². The van der Waals surface area contributed by atoms with Crippen LogP contribution in [0, 0.1) is 6.92 Å². The van der Waals surface area contributed by atoms with Crippen molar-refractivity contribution in [1.82, 2.24) is 10.2 Å². The Kier molecular flexibility index (Phi) is 7.83. The van der Waals surface area contributed by atoms with Crippen LogP contribution in [0.15, 0.2) is 24.3 Å². The molecule has 0 aromatic heterocycles. The van der Waals surface area contributed by atoms with Crippen molar-refractivity contribution >= 4 is 6.03 Å². The van der Waals surface area contributed by atoms with Crippen molar-refractivity contribution in [3.8, 4) is 0 Å². The average Bonchev–Trinajstić information content (AvgIpc) is 2.48. The summed E-state index contributed by atoms with van der Waals surface area (Å²) in [5.41, 5.74) is 2.42. The van der Waals surface area contributed by atoms with Crippen LogP contribution in [0.4, 0.5) is 4.79 Å². The van der Waals surface area contributed by atoms with Crippen LogP contribution in [0.25, 0.3) is 0 Å². The first-order chi connectivity index (χ1) is 10.1. The van der Waals surface area contributed by atoms with Crippen molar-refractivity contribution in [2.45, 2.75) is 46.3 Å². The van der Waals surface area contributed by atoms with Crippen molar-refractivity contribution in [3.63, 3.8) is 0 Å². The van der Waals surface area contributed by atoms with Crippen LogP contribution in [-0.2, 0) is 11.3 Å². The Balaban J connectivity index is 2.56.